The molecule has 6 N–H and O–H groups in total. The van der Waals surface area contributed by atoms with E-state index in [0.717, 1.165) is 70.0 Å². The SMILES string of the molecule is CN(CCCn1[nH]c2cc(CNC[C@H](O)c3ccc(O)c4[nH]c(=O)ccc34)c3c(c21)CCC3)[C@H]1CC[C@H](OC(=O)C(O)(c2cccs2)c2ccc(Cl)s2)CC1. The van der Waals surface area contributed by atoms with Crippen molar-refractivity contribution in [2.45, 2.75) is 88.3 Å². The van der Waals surface area contributed by atoms with Gasteiger partial charge in [0.15, 0.2) is 0 Å². The number of aromatic nitrogens is 3. The first kappa shape index (κ1) is 37.9. The van der Waals surface area contributed by atoms with Gasteiger partial charge in [0.2, 0.25) is 11.2 Å². The van der Waals surface area contributed by atoms with Gasteiger partial charge in [-0.25, -0.2) is 4.79 Å². The highest BCUT2D eigenvalue weighted by molar-refractivity contribution is 7.16. The molecule has 0 aliphatic heterocycles. The number of halogens is 1. The normalized spacial score (nSPS) is 18.9. The monoisotopic (exact) mass is 803 g/mol. The molecule has 2 atom stereocenters. The average molecular weight is 804 g/mol. The molecule has 2 aromatic carbocycles. The van der Waals surface area contributed by atoms with Crippen molar-refractivity contribution in [3.63, 3.8) is 0 Å². The van der Waals surface area contributed by atoms with Crippen LogP contribution in [0.25, 0.3) is 21.9 Å². The zero-order chi connectivity index (χ0) is 38.3. The molecule has 2 aliphatic carbocycles. The van der Waals surface area contributed by atoms with E-state index in [1.807, 2.05) is 11.4 Å². The Hall–Kier alpha value is -3.95. The summed E-state index contributed by atoms with van der Waals surface area (Å²) in [4.78, 5) is 31.4. The summed E-state index contributed by atoms with van der Waals surface area (Å²) in [6.45, 7) is 2.82. The second-order valence-corrected chi connectivity index (χ2v) is 17.6. The Labute approximate surface area is 331 Å². The number of H-pyrrole nitrogens is 2. The van der Waals surface area contributed by atoms with Crippen LogP contribution in [0.3, 0.4) is 0 Å². The van der Waals surface area contributed by atoms with E-state index >= 15 is 0 Å². The standard InChI is InChI=1S/C41H46ClN5O6S2/c1-46(25-8-10-26(11-9-25)53-40(51)41(52,34-7-3-20-54-34)35-15-16-36(42)55-35)18-4-19-47-39-30-6-2-5-27(30)24(21-31(39)45-47)22-43-23-33(49)28-12-14-32(48)38-29(28)13-17-37(50)44-38/h3,7,12-17,20-21,25-26,33,43,45,48-49,52H,2,4-6,8-11,18-19,22-23H2,1H3,(H,44,50)/t25-,26-,33-,41?/m0/s1. The number of benzene rings is 2. The van der Waals surface area contributed by atoms with Crippen LogP contribution in [0.4, 0.5) is 0 Å². The Morgan fingerprint density at radius 3 is 2.69 bits per heavy atom. The number of nitrogens with zero attached hydrogens (tertiary/aromatic N) is 2. The minimum Gasteiger partial charge on any atom is -0.506 e. The lowest BCUT2D eigenvalue weighted by molar-refractivity contribution is -0.169. The smallest absolute Gasteiger partial charge is 0.349 e. The van der Waals surface area contributed by atoms with Gasteiger partial charge in [-0.3, -0.25) is 14.6 Å². The second kappa shape index (κ2) is 15.9. The van der Waals surface area contributed by atoms with E-state index in [1.165, 1.54) is 57.0 Å². The molecule has 290 valence electrons. The number of fused-ring (bicyclic) bond motifs is 4. The van der Waals surface area contributed by atoms with Gasteiger partial charge in [0, 0.05) is 37.1 Å². The molecule has 0 spiro atoms. The van der Waals surface area contributed by atoms with E-state index in [1.54, 1.807) is 30.3 Å². The lowest BCUT2D eigenvalue weighted by Crippen LogP contribution is -2.42. The number of carbonyl (C=O) groups excluding carboxylic acids is 1. The van der Waals surface area contributed by atoms with E-state index in [-0.39, 0.29) is 17.4 Å². The number of phenolic OH excluding ortho intramolecular Hbond substituents is 1. The van der Waals surface area contributed by atoms with Crippen LogP contribution < -0.4 is 10.9 Å². The second-order valence-electron chi connectivity index (χ2n) is 14.9. The van der Waals surface area contributed by atoms with Crippen molar-refractivity contribution < 1.29 is 24.9 Å². The van der Waals surface area contributed by atoms with E-state index in [4.69, 9.17) is 16.3 Å². The van der Waals surface area contributed by atoms with E-state index < -0.39 is 17.7 Å². The number of aromatic amines is 2. The maximum Gasteiger partial charge on any atom is 0.349 e. The van der Waals surface area contributed by atoms with Crippen molar-refractivity contribution >= 4 is 62.2 Å². The van der Waals surface area contributed by atoms with Gasteiger partial charge in [0.25, 0.3) is 0 Å². The van der Waals surface area contributed by atoms with E-state index in [2.05, 4.69) is 38.1 Å². The first-order chi connectivity index (χ1) is 26.6. The number of rotatable bonds is 14. The largest absolute Gasteiger partial charge is 0.506 e. The van der Waals surface area contributed by atoms with Crippen molar-refractivity contribution in [2.75, 3.05) is 20.1 Å². The number of aryl methyl sites for hydroxylation is 2. The number of ether oxygens (including phenoxy) is 1. The first-order valence-corrected chi connectivity index (χ1v) is 21.1. The first-order valence-electron chi connectivity index (χ1n) is 19.0. The molecule has 14 heteroatoms. The van der Waals surface area contributed by atoms with Gasteiger partial charge in [-0.05, 0) is 129 Å². The summed E-state index contributed by atoms with van der Waals surface area (Å²) < 4.78 is 8.77. The molecular formula is C41H46ClN5O6S2. The van der Waals surface area contributed by atoms with Crippen LogP contribution in [0.5, 0.6) is 5.75 Å². The van der Waals surface area contributed by atoms with E-state index in [9.17, 15) is 24.9 Å². The number of hydrogen-bond donors (Lipinski definition) is 6. The van der Waals surface area contributed by atoms with Crippen molar-refractivity contribution in [1.29, 1.82) is 0 Å². The van der Waals surface area contributed by atoms with Crippen molar-refractivity contribution in [1.82, 2.24) is 25.0 Å². The molecule has 4 aromatic heterocycles. The van der Waals surface area contributed by atoms with Gasteiger partial charge in [-0.2, -0.15) is 0 Å². The molecule has 1 unspecified atom stereocenters. The number of aliphatic hydroxyl groups excluding tert-OH is 1. The number of carbonyl (C=O) groups is 1. The molecular weight excluding hydrogens is 758 g/mol. The topological polar surface area (TPSA) is 156 Å². The van der Waals surface area contributed by atoms with Gasteiger partial charge in [0.05, 0.1) is 36.7 Å². The maximum absolute atomic E-state index is 13.5. The number of esters is 1. The molecule has 0 amide bonds. The number of thiophene rings is 2. The summed E-state index contributed by atoms with van der Waals surface area (Å²) in [5.74, 6) is -0.661. The third-order valence-electron chi connectivity index (χ3n) is 11.4. The Kier molecular flexibility index (Phi) is 11.0. The van der Waals surface area contributed by atoms with Gasteiger partial charge < -0.3 is 35.3 Å². The summed E-state index contributed by atoms with van der Waals surface area (Å²) >= 11 is 8.69. The number of aliphatic hydroxyl groups is 2. The molecule has 2 aliphatic rings. The highest BCUT2D eigenvalue weighted by Crippen LogP contribution is 2.40. The minimum atomic E-state index is -1.86. The number of pyridine rings is 1. The highest BCUT2D eigenvalue weighted by Gasteiger charge is 2.45. The molecule has 6 aromatic rings. The maximum atomic E-state index is 13.5. The van der Waals surface area contributed by atoms with Gasteiger partial charge in [0.1, 0.15) is 11.9 Å². The molecule has 11 nitrogen and oxygen atoms in total. The Morgan fingerprint density at radius 1 is 1.11 bits per heavy atom. The Morgan fingerprint density at radius 2 is 1.93 bits per heavy atom. The third kappa shape index (κ3) is 7.51. The quantitative estimate of drug-likeness (QED) is 0.0664. The summed E-state index contributed by atoms with van der Waals surface area (Å²) in [5, 5.41) is 42.4. The molecule has 0 bridgehead atoms. The van der Waals surface area contributed by atoms with Gasteiger partial charge in [-0.1, -0.05) is 23.7 Å². The molecule has 8 rings (SSSR count). The minimum absolute atomic E-state index is 0.0230. The van der Waals surface area contributed by atoms with Gasteiger partial charge >= 0.3 is 5.97 Å². The molecule has 1 fully saturated rings. The van der Waals surface area contributed by atoms with Crippen LogP contribution in [0, 0.1) is 0 Å². The highest BCUT2D eigenvalue weighted by atomic mass is 35.5. The predicted octanol–water partition coefficient (Wildman–Crippen LogP) is 6.72. The zero-order valence-corrected chi connectivity index (χ0v) is 33.0. The Balaban J connectivity index is 0.825. The molecule has 0 saturated heterocycles. The van der Waals surface area contributed by atoms with Crippen molar-refractivity contribution in [2.24, 2.45) is 0 Å². The van der Waals surface area contributed by atoms with Crippen LogP contribution in [0.2, 0.25) is 4.34 Å². The lowest BCUT2D eigenvalue weighted by atomic mass is 9.91. The lowest BCUT2D eigenvalue weighted by Gasteiger charge is -2.35. The Bertz CT molecular complexity index is 2360. The zero-order valence-electron chi connectivity index (χ0n) is 30.6. The summed E-state index contributed by atoms with van der Waals surface area (Å²) in [6, 6.07) is 15.9. The average Bonchev–Trinajstić information content (AvgIpc) is 3.97. The number of nitrogens with one attached hydrogen (secondary N) is 3. The number of phenols is 1. The summed E-state index contributed by atoms with van der Waals surface area (Å²) in [7, 11) is 2.18. The van der Waals surface area contributed by atoms with Crippen molar-refractivity contribution in [3.8, 4) is 5.75 Å². The molecule has 55 heavy (non-hydrogen) atoms. The summed E-state index contributed by atoms with van der Waals surface area (Å²) in [5.41, 5.74) is 5.37. The number of hydrogen-bond acceptors (Lipinski definition) is 10. The van der Waals surface area contributed by atoms with Crippen LogP contribution >= 0.6 is 34.3 Å². The van der Waals surface area contributed by atoms with Crippen LogP contribution in [-0.2, 0) is 41.1 Å². The number of aromatic hydroxyl groups is 1. The predicted molar refractivity (Wildman–Crippen MR) is 217 cm³/mol. The van der Waals surface area contributed by atoms with Gasteiger partial charge in [-0.15, -0.1) is 22.7 Å². The van der Waals surface area contributed by atoms with E-state index in [0.29, 0.717) is 49.7 Å². The van der Waals surface area contributed by atoms with Crippen LogP contribution in [0.15, 0.2) is 64.8 Å². The molecule has 1 saturated carbocycles. The summed E-state index contributed by atoms with van der Waals surface area (Å²) in [6.07, 6.45) is 6.55. The fourth-order valence-electron chi connectivity index (χ4n) is 8.54. The van der Waals surface area contributed by atoms with Crippen molar-refractivity contribution in [3.05, 3.63) is 107 Å². The van der Waals surface area contributed by atoms with Crippen LogP contribution in [0.1, 0.15) is 76.6 Å². The molecule has 4 heterocycles. The van der Waals surface area contributed by atoms with Crippen LogP contribution in [-0.4, -0.2) is 73.2 Å². The third-order valence-corrected chi connectivity index (χ3v) is 13.8. The molecule has 0 radical (unpaired) electrons. The fraction of sp³-hybridized carbons (Fsp3) is 0.415. The fourth-order valence-corrected chi connectivity index (χ4v) is 10.6.